The molecule has 1 heterocycles. The van der Waals surface area contributed by atoms with Crippen LogP contribution in [0.5, 0.6) is 0 Å². The maximum absolute atomic E-state index is 5.77. The molecular formula is C14H14OS. The molecule has 2 aromatic rings. The SMILES string of the molecule is COC1(C)c2cc(C)ccc2-c2sccc21. The highest BCUT2D eigenvalue weighted by atomic mass is 32.1. The van der Waals surface area contributed by atoms with E-state index in [0.717, 1.165) is 0 Å². The summed E-state index contributed by atoms with van der Waals surface area (Å²) in [7, 11) is 1.79. The molecule has 82 valence electrons. The van der Waals surface area contributed by atoms with E-state index >= 15 is 0 Å². The predicted molar refractivity (Wildman–Crippen MR) is 68.0 cm³/mol. The van der Waals surface area contributed by atoms with Crippen molar-refractivity contribution < 1.29 is 4.74 Å². The van der Waals surface area contributed by atoms with E-state index in [0.29, 0.717) is 0 Å². The third-order valence-electron chi connectivity index (χ3n) is 3.52. The lowest BCUT2D eigenvalue weighted by Gasteiger charge is -2.25. The Labute approximate surface area is 99.7 Å². The average Bonchev–Trinajstić information content (AvgIpc) is 2.83. The van der Waals surface area contributed by atoms with E-state index < -0.39 is 0 Å². The highest BCUT2D eigenvalue weighted by molar-refractivity contribution is 7.13. The zero-order valence-electron chi connectivity index (χ0n) is 9.70. The number of hydrogen-bond acceptors (Lipinski definition) is 2. The van der Waals surface area contributed by atoms with E-state index in [2.05, 4.69) is 43.5 Å². The van der Waals surface area contributed by atoms with Crippen LogP contribution in [0.1, 0.15) is 23.6 Å². The highest BCUT2D eigenvalue weighted by Crippen LogP contribution is 2.51. The van der Waals surface area contributed by atoms with Crippen LogP contribution in [-0.4, -0.2) is 7.11 Å². The Balaban J connectivity index is 2.36. The van der Waals surface area contributed by atoms with Gasteiger partial charge in [-0.15, -0.1) is 11.3 Å². The number of thiophene rings is 1. The maximum atomic E-state index is 5.77. The van der Waals surface area contributed by atoms with Crippen molar-refractivity contribution in [2.75, 3.05) is 7.11 Å². The molecule has 0 bridgehead atoms. The summed E-state index contributed by atoms with van der Waals surface area (Å²) in [4.78, 5) is 1.36. The Morgan fingerprint density at radius 2 is 2.00 bits per heavy atom. The second-order valence-corrected chi connectivity index (χ2v) is 5.37. The quantitative estimate of drug-likeness (QED) is 0.721. The standard InChI is InChI=1S/C14H14OS/c1-9-4-5-10-12(8-9)14(2,15-3)11-6-7-16-13(10)11/h4-8H,1-3H3. The molecule has 1 aromatic heterocycles. The third kappa shape index (κ3) is 1.09. The molecule has 0 radical (unpaired) electrons. The number of benzene rings is 1. The van der Waals surface area contributed by atoms with Gasteiger partial charge in [-0.3, -0.25) is 0 Å². The van der Waals surface area contributed by atoms with Crippen molar-refractivity contribution in [2.24, 2.45) is 0 Å². The van der Waals surface area contributed by atoms with Crippen molar-refractivity contribution in [3.63, 3.8) is 0 Å². The Hall–Kier alpha value is -1.12. The number of rotatable bonds is 1. The van der Waals surface area contributed by atoms with Gasteiger partial charge < -0.3 is 4.74 Å². The van der Waals surface area contributed by atoms with Crippen molar-refractivity contribution in [1.29, 1.82) is 0 Å². The molecular weight excluding hydrogens is 216 g/mol. The number of aryl methyl sites for hydroxylation is 1. The molecule has 3 rings (SSSR count). The number of methoxy groups -OCH3 is 1. The van der Waals surface area contributed by atoms with Gasteiger partial charge in [-0.25, -0.2) is 0 Å². The first-order chi connectivity index (χ1) is 7.66. The minimum Gasteiger partial charge on any atom is -0.369 e. The number of ether oxygens (including phenoxy) is 1. The van der Waals surface area contributed by atoms with Crippen LogP contribution in [0.15, 0.2) is 29.6 Å². The lowest BCUT2D eigenvalue weighted by Crippen LogP contribution is -2.22. The molecule has 0 saturated heterocycles. The van der Waals surface area contributed by atoms with Gasteiger partial charge in [0.05, 0.1) is 0 Å². The average molecular weight is 230 g/mol. The molecule has 1 aliphatic carbocycles. The van der Waals surface area contributed by atoms with Gasteiger partial charge in [-0.05, 0) is 36.4 Å². The summed E-state index contributed by atoms with van der Waals surface area (Å²) >= 11 is 1.80. The molecule has 0 N–H and O–H groups in total. The Bertz CT molecular complexity index is 556. The van der Waals surface area contributed by atoms with Gasteiger partial charge in [-0.2, -0.15) is 0 Å². The first kappa shape index (κ1) is 10.1. The zero-order chi connectivity index (χ0) is 11.3. The number of hydrogen-bond donors (Lipinski definition) is 0. The summed E-state index contributed by atoms with van der Waals surface area (Å²) in [6, 6.07) is 8.80. The van der Waals surface area contributed by atoms with Crippen LogP contribution in [-0.2, 0) is 10.3 Å². The van der Waals surface area contributed by atoms with Gasteiger partial charge in [0.25, 0.3) is 0 Å². The molecule has 0 aliphatic heterocycles. The lowest BCUT2D eigenvalue weighted by molar-refractivity contribution is 0.0432. The molecule has 0 saturated carbocycles. The van der Waals surface area contributed by atoms with Crippen LogP contribution < -0.4 is 0 Å². The van der Waals surface area contributed by atoms with Crippen molar-refractivity contribution >= 4 is 11.3 Å². The molecule has 16 heavy (non-hydrogen) atoms. The minimum atomic E-state index is -0.267. The van der Waals surface area contributed by atoms with Crippen LogP contribution >= 0.6 is 11.3 Å². The van der Waals surface area contributed by atoms with E-state index in [1.165, 1.54) is 27.1 Å². The molecule has 1 atom stereocenters. The minimum absolute atomic E-state index is 0.267. The second kappa shape index (κ2) is 3.19. The molecule has 1 nitrogen and oxygen atoms in total. The van der Waals surface area contributed by atoms with E-state index in [-0.39, 0.29) is 5.60 Å². The van der Waals surface area contributed by atoms with Gasteiger partial charge >= 0.3 is 0 Å². The van der Waals surface area contributed by atoms with Crippen LogP contribution in [0.25, 0.3) is 10.4 Å². The molecule has 2 heteroatoms. The summed E-state index contributed by atoms with van der Waals surface area (Å²) < 4.78 is 5.77. The van der Waals surface area contributed by atoms with Crippen LogP contribution in [0.2, 0.25) is 0 Å². The molecule has 1 unspecified atom stereocenters. The zero-order valence-corrected chi connectivity index (χ0v) is 10.5. The van der Waals surface area contributed by atoms with Crippen molar-refractivity contribution in [3.8, 4) is 10.4 Å². The van der Waals surface area contributed by atoms with Gasteiger partial charge in [0.1, 0.15) is 5.60 Å². The van der Waals surface area contributed by atoms with Gasteiger partial charge in [0.2, 0.25) is 0 Å². The number of fused-ring (bicyclic) bond motifs is 3. The largest absolute Gasteiger partial charge is 0.369 e. The van der Waals surface area contributed by atoms with Crippen LogP contribution in [0.4, 0.5) is 0 Å². The van der Waals surface area contributed by atoms with Crippen molar-refractivity contribution in [3.05, 3.63) is 46.3 Å². The van der Waals surface area contributed by atoms with Crippen molar-refractivity contribution in [1.82, 2.24) is 0 Å². The summed E-state index contributed by atoms with van der Waals surface area (Å²) in [5.41, 5.74) is 4.96. The Kier molecular flexibility index (Phi) is 2.00. The Morgan fingerprint density at radius 3 is 2.75 bits per heavy atom. The summed E-state index contributed by atoms with van der Waals surface area (Å²) in [6.07, 6.45) is 0. The fourth-order valence-corrected chi connectivity index (χ4v) is 3.54. The summed E-state index contributed by atoms with van der Waals surface area (Å²) in [5.74, 6) is 0. The Morgan fingerprint density at radius 1 is 1.19 bits per heavy atom. The molecule has 1 aliphatic rings. The monoisotopic (exact) mass is 230 g/mol. The van der Waals surface area contributed by atoms with Crippen LogP contribution in [0.3, 0.4) is 0 Å². The van der Waals surface area contributed by atoms with Gasteiger partial charge in [-0.1, -0.05) is 23.8 Å². The smallest absolute Gasteiger partial charge is 0.117 e. The van der Waals surface area contributed by atoms with Crippen LogP contribution in [0, 0.1) is 6.92 Å². The first-order valence-electron chi connectivity index (χ1n) is 5.41. The summed E-state index contributed by atoms with van der Waals surface area (Å²) in [6.45, 7) is 4.28. The van der Waals surface area contributed by atoms with E-state index in [4.69, 9.17) is 4.74 Å². The maximum Gasteiger partial charge on any atom is 0.117 e. The van der Waals surface area contributed by atoms with E-state index in [1.54, 1.807) is 18.4 Å². The second-order valence-electron chi connectivity index (χ2n) is 4.45. The summed E-state index contributed by atoms with van der Waals surface area (Å²) in [5, 5.41) is 2.14. The topological polar surface area (TPSA) is 9.23 Å². The highest BCUT2D eigenvalue weighted by Gasteiger charge is 2.40. The molecule has 0 spiro atoms. The molecule has 0 amide bonds. The lowest BCUT2D eigenvalue weighted by atomic mass is 9.93. The van der Waals surface area contributed by atoms with E-state index in [9.17, 15) is 0 Å². The normalized spacial score (nSPS) is 21.9. The molecule has 1 aromatic carbocycles. The first-order valence-corrected chi connectivity index (χ1v) is 6.29. The fourth-order valence-electron chi connectivity index (χ4n) is 2.51. The van der Waals surface area contributed by atoms with Crippen molar-refractivity contribution in [2.45, 2.75) is 19.4 Å². The van der Waals surface area contributed by atoms with E-state index in [1.807, 2.05) is 0 Å². The predicted octanol–water partition coefficient (Wildman–Crippen LogP) is 3.95. The van der Waals surface area contributed by atoms with Gasteiger partial charge in [0, 0.05) is 17.6 Å². The fraction of sp³-hybridized carbons (Fsp3) is 0.286. The third-order valence-corrected chi connectivity index (χ3v) is 4.47. The van der Waals surface area contributed by atoms with Gasteiger partial charge in [0.15, 0.2) is 0 Å². The molecule has 0 fully saturated rings.